The van der Waals surface area contributed by atoms with Gasteiger partial charge in [0.2, 0.25) is 0 Å². The lowest BCUT2D eigenvalue weighted by atomic mass is 9.99. The minimum atomic E-state index is 0.533. The van der Waals surface area contributed by atoms with Gasteiger partial charge in [0.05, 0.1) is 7.11 Å². The summed E-state index contributed by atoms with van der Waals surface area (Å²) < 4.78 is 5.21. The maximum atomic E-state index is 5.21. The van der Waals surface area contributed by atoms with Crippen molar-refractivity contribution in [3.63, 3.8) is 0 Å². The average molecular weight is 315 g/mol. The third-order valence-corrected chi connectivity index (χ3v) is 3.57. The lowest BCUT2D eigenvalue weighted by Gasteiger charge is -2.10. The largest absolute Gasteiger partial charge is 0.496 e. The van der Waals surface area contributed by atoms with E-state index < -0.39 is 0 Å². The third kappa shape index (κ3) is 7.36. The molecule has 0 saturated heterocycles. The van der Waals surface area contributed by atoms with E-state index in [0.29, 0.717) is 11.8 Å². The summed E-state index contributed by atoms with van der Waals surface area (Å²) in [4.78, 5) is 0. The van der Waals surface area contributed by atoms with Crippen molar-refractivity contribution < 1.29 is 4.74 Å². The molecule has 0 fully saturated rings. The molecular weight excluding hydrogens is 280 g/mol. The number of benzene rings is 2. The van der Waals surface area contributed by atoms with Gasteiger partial charge in [0, 0.05) is 0 Å². The second-order valence-corrected chi connectivity index (χ2v) is 5.91. The molecule has 1 nitrogen and oxygen atoms in total. The zero-order valence-corrected chi connectivity index (χ0v) is 16.2. The third-order valence-electron chi connectivity index (χ3n) is 3.57. The number of ether oxygens (including phenoxy) is 1. The number of para-hydroxylation sites is 1. The first-order valence-corrected chi connectivity index (χ1v) is 8.65. The van der Waals surface area contributed by atoms with Crippen LogP contribution in [0.4, 0.5) is 0 Å². The second-order valence-electron chi connectivity index (χ2n) is 5.91. The highest BCUT2D eigenvalue weighted by Gasteiger charge is 2.04. The molecule has 23 heavy (non-hydrogen) atoms. The summed E-state index contributed by atoms with van der Waals surface area (Å²) in [7, 11) is 1.71. The van der Waals surface area contributed by atoms with Crippen LogP contribution in [0.5, 0.6) is 5.75 Å². The molecule has 0 radical (unpaired) electrons. The van der Waals surface area contributed by atoms with E-state index >= 15 is 0 Å². The van der Waals surface area contributed by atoms with Crippen molar-refractivity contribution in [3.8, 4) is 5.75 Å². The molecule has 2 aromatic carbocycles. The van der Waals surface area contributed by atoms with Crippen molar-refractivity contribution in [1.29, 1.82) is 0 Å². The van der Waals surface area contributed by atoms with Crippen LogP contribution in [0.1, 0.15) is 70.1 Å². The van der Waals surface area contributed by atoms with E-state index in [9.17, 15) is 0 Å². The van der Waals surface area contributed by atoms with Gasteiger partial charge in [-0.15, -0.1) is 0 Å². The van der Waals surface area contributed by atoms with Gasteiger partial charge in [-0.25, -0.2) is 0 Å². The molecule has 0 atom stereocenters. The Morgan fingerprint density at radius 1 is 0.696 bits per heavy atom. The minimum Gasteiger partial charge on any atom is -0.496 e. The van der Waals surface area contributed by atoms with Gasteiger partial charge in [-0.2, -0.15) is 0 Å². The zero-order chi connectivity index (χ0) is 17.8. The summed E-state index contributed by atoms with van der Waals surface area (Å²) in [5.41, 5.74) is 4.13. The van der Waals surface area contributed by atoms with E-state index in [-0.39, 0.29) is 0 Å². The quantitative estimate of drug-likeness (QED) is 0.594. The predicted octanol–water partition coefficient (Wildman–Crippen LogP) is 6.96. The molecule has 2 aromatic rings. The van der Waals surface area contributed by atoms with Crippen LogP contribution in [0, 0.1) is 6.92 Å². The first kappa shape index (κ1) is 21.2. The number of hydrogen-bond acceptors (Lipinski definition) is 1. The smallest absolute Gasteiger partial charge is 0.122 e. The fraction of sp³-hybridized carbons (Fsp3) is 0.455. The molecule has 128 valence electrons. The van der Waals surface area contributed by atoms with E-state index in [2.05, 4.69) is 65.0 Å². The van der Waals surface area contributed by atoms with Crippen LogP contribution in [0.2, 0.25) is 0 Å². The fourth-order valence-electron chi connectivity index (χ4n) is 2.38. The Kier molecular flexibility index (Phi) is 10.9. The maximum Gasteiger partial charge on any atom is 0.122 e. The topological polar surface area (TPSA) is 9.23 Å². The fourth-order valence-corrected chi connectivity index (χ4v) is 2.38. The molecule has 0 saturated carbocycles. The van der Waals surface area contributed by atoms with Crippen molar-refractivity contribution in [1.82, 2.24) is 0 Å². The van der Waals surface area contributed by atoms with E-state index in [0.717, 1.165) is 5.75 Å². The summed E-state index contributed by atoms with van der Waals surface area (Å²) in [5, 5.41) is 0. The number of hydrogen-bond donors (Lipinski definition) is 0. The summed E-state index contributed by atoms with van der Waals surface area (Å²) in [6, 6.07) is 16.7. The van der Waals surface area contributed by atoms with Gasteiger partial charge in [0.25, 0.3) is 0 Å². The first-order chi connectivity index (χ1) is 11.0. The highest BCUT2D eigenvalue weighted by molar-refractivity contribution is 5.35. The zero-order valence-electron chi connectivity index (χ0n) is 16.2. The van der Waals surface area contributed by atoms with Crippen LogP contribution in [0.25, 0.3) is 0 Å². The molecule has 0 amide bonds. The van der Waals surface area contributed by atoms with Crippen LogP contribution in [-0.4, -0.2) is 7.11 Å². The van der Waals surface area contributed by atoms with Gasteiger partial charge in [0.15, 0.2) is 0 Å². The number of methoxy groups -OCH3 is 1. The van der Waals surface area contributed by atoms with Gasteiger partial charge in [-0.3, -0.25) is 0 Å². The Morgan fingerprint density at radius 3 is 1.48 bits per heavy atom. The molecule has 0 bridgehead atoms. The molecule has 0 aromatic heterocycles. The Bertz CT molecular complexity index is 541. The van der Waals surface area contributed by atoms with E-state index in [1.54, 1.807) is 7.11 Å². The van der Waals surface area contributed by atoms with Gasteiger partial charge < -0.3 is 4.74 Å². The summed E-state index contributed by atoms with van der Waals surface area (Å²) in [6.07, 6.45) is 0. The molecule has 0 aliphatic heterocycles. The molecule has 2 rings (SSSR count). The van der Waals surface area contributed by atoms with Crippen molar-refractivity contribution in [2.24, 2.45) is 0 Å². The molecular formula is C22H34O. The summed E-state index contributed by atoms with van der Waals surface area (Å²) >= 11 is 0. The van der Waals surface area contributed by atoms with Crippen molar-refractivity contribution in [2.45, 2.75) is 60.3 Å². The lowest BCUT2D eigenvalue weighted by molar-refractivity contribution is 0.407. The van der Waals surface area contributed by atoms with Crippen molar-refractivity contribution in [2.75, 3.05) is 7.11 Å². The SMILES string of the molecule is CC.COc1ccccc1C(C)C.Cc1ccccc1C(C)C. The second kappa shape index (κ2) is 11.8. The molecule has 0 unspecified atom stereocenters. The van der Waals surface area contributed by atoms with Gasteiger partial charge in [-0.05, 0) is 41.5 Å². The van der Waals surface area contributed by atoms with Gasteiger partial charge >= 0.3 is 0 Å². The van der Waals surface area contributed by atoms with E-state index in [4.69, 9.17) is 4.74 Å². The van der Waals surface area contributed by atoms with Crippen LogP contribution < -0.4 is 4.74 Å². The molecule has 1 heteroatoms. The highest BCUT2D eigenvalue weighted by atomic mass is 16.5. The van der Waals surface area contributed by atoms with Gasteiger partial charge in [0.1, 0.15) is 5.75 Å². The molecule has 0 N–H and O–H groups in total. The minimum absolute atomic E-state index is 0.533. The van der Waals surface area contributed by atoms with Crippen molar-refractivity contribution in [3.05, 3.63) is 65.2 Å². The molecule has 0 aliphatic carbocycles. The van der Waals surface area contributed by atoms with Crippen LogP contribution in [0.15, 0.2) is 48.5 Å². The predicted molar refractivity (Wildman–Crippen MR) is 104 cm³/mol. The summed E-state index contributed by atoms with van der Waals surface area (Å²) in [6.45, 7) is 14.9. The Labute approximate surface area is 143 Å². The average Bonchev–Trinajstić information content (AvgIpc) is 2.57. The Morgan fingerprint density at radius 2 is 1.13 bits per heavy atom. The first-order valence-electron chi connectivity index (χ1n) is 8.65. The van der Waals surface area contributed by atoms with Crippen LogP contribution >= 0.6 is 0 Å². The van der Waals surface area contributed by atoms with Crippen LogP contribution in [0.3, 0.4) is 0 Å². The Balaban J connectivity index is 0.000000381. The molecule has 0 spiro atoms. The Hall–Kier alpha value is -1.76. The summed E-state index contributed by atoms with van der Waals surface area (Å²) in [5.74, 6) is 2.18. The standard InChI is InChI=1S/C10H14O.C10H14.C2H6/c1-8(2)9-6-4-5-7-10(9)11-3;1-8(2)10-7-5-4-6-9(10)3;1-2/h4-8H,1-3H3;4-8H,1-3H3;1-2H3. The van der Waals surface area contributed by atoms with Crippen LogP contribution in [-0.2, 0) is 0 Å². The molecule has 0 heterocycles. The molecule has 0 aliphatic rings. The normalized spacial score (nSPS) is 9.65. The van der Waals surface area contributed by atoms with E-state index in [1.165, 1.54) is 16.7 Å². The monoisotopic (exact) mass is 314 g/mol. The maximum absolute atomic E-state index is 5.21. The lowest BCUT2D eigenvalue weighted by Crippen LogP contribution is -1.92. The number of aryl methyl sites for hydroxylation is 1. The van der Waals surface area contributed by atoms with Gasteiger partial charge in [-0.1, -0.05) is 84.0 Å². The van der Waals surface area contributed by atoms with E-state index in [1.807, 2.05) is 32.0 Å². The number of rotatable bonds is 3. The highest BCUT2D eigenvalue weighted by Crippen LogP contribution is 2.24. The van der Waals surface area contributed by atoms with Crippen molar-refractivity contribution >= 4 is 0 Å².